The maximum absolute atomic E-state index is 3.75. The van der Waals surface area contributed by atoms with Gasteiger partial charge in [0.2, 0.25) is 0 Å². The van der Waals surface area contributed by atoms with Crippen LogP contribution < -0.4 is 5.32 Å². The molecule has 20 heavy (non-hydrogen) atoms. The van der Waals surface area contributed by atoms with Gasteiger partial charge in [-0.1, -0.05) is 19.1 Å². The fourth-order valence-electron chi connectivity index (χ4n) is 5.65. The Kier molecular flexibility index (Phi) is 3.05. The molecule has 0 aliphatic heterocycles. The van der Waals surface area contributed by atoms with Crippen LogP contribution in [0, 0.1) is 23.2 Å². The SMILES string of the molecule is CCc1ccc(NCC23CC4CC(CC(C4)C2)C3)cc1. The maximum atomic E-state index is 3.75. The van der Waals surface area contributed by atoms with Crippen LogP contribution in [0.25, 0.3) is 0 Å². The van der Waals surface area contributed by atoms with Crippen LogP contribution in [0.2, 0.25) is 0 Å². The first-order valence-corrected chi connectivity index (χ1v) is 8.57. The Morgan fingerprint density at radius 1 is 0.950 bits per heavy atom. The first-order valence-electron chi connectivity index (χ1n) is 8.57. The van der Waals surface area contributed by atoms with Crippen molar-refractivity contribution in [1.29, 1.82) is 0 Å². The first-order chi connectivity index (χ1) is 9.75. The van der Waals surface area contributed by atoms with Gasteiger partial charge < -0.3 is 5.32 Å². The molecule has 0 atom stereocenters. The zero-order chi connectivity index (χ0) is 13.6. The summed E-state index contributed by atoms with van der Waals surface area (Å²) in [6.45, 7) is 3.43. The second kappa shape index (κ2) is 4.79. The normalized spacial score (nSPS) is 38.1. The molecule has 1 aromatic carbocycles. The minimum atomic E-state index is 0.637. The van der Waals surface area contributed by atoms with E-state index in [1.54, 1.807) is 19.3 Å². The van der Waals surface area contributed by atoms with Crippen LogP contribution in [0.4, 0.5) is 5.69 Å². The fourth-order valence-corrected chi connectivity index (χ4v) is 5.65. The summed E-state index contributed by atoms with van der Waals surface area (Å²) < 4.78 is 0. The van der Waals surface area contributed by atoms with Gasteiger partial charge in [0.15, 0.2) is 0 Å². The van der Waals surface area contributed by atoms with E-state index in [9.17, 15) is 0 Å². The Balaban J connectivity index is 1.43. The minimum Gasteiger partial charge on any atom is -0.384 e. The molecule has 0 radical (unpaired) electrons. The molecule has 0 heterocycles. The van der Waals surface area contributed by atoms with Crippen LogP contribution in [0.15, 0.2) is 24.3 Å². The van der Waals surface area contributed by atoms with Crippen molar-refractivity contribution < 1.29 is 0 Å². The molecule has 1 nitrogen and oxygen atoms in total. The molecule has 0 unspecified atom stereocenters. The van der Waals surface area contributed by atoms with Crippen molar-refractivity contribution in [2.75, 3.05) is 11.9 Å². The van der Waals surface area contributed by atoms with Gasteiger partial charge in [0.05, 0.1) is 0 Å². The third-order valence-electron chi connectivity index (χ3n) is 6.19. The number of anilines is 1. The number of hydrogen-bond acceptors (Lipinski definition) is 1. The zero-order valence-corrected chi connectivity index (χ0v) is 12.7. The lowest BCUT2D eigenvalue weighted by atomic mass is 9.49. The molecule has 1 aromatic rings. The van der Waals surface area contributed by atoms with Crippen molar-refractivity contribution in [1.82, 2.24) is 0 Å². The summed E-state index contributed by atoms with van der Waals surface area (Å²) in [6.07, 6.45) is 10.3. The Morgan fingerprint density at radius 2 is 1.50 bits per heavy atom. The molecule has 4 bridgehead atoms. The molecular weight excluding hydrogens is 242 g/mol. The van der Waals surface area contributed by atoms with Gasteiger partial charge in [-0.3, -0.25) is 0 Å². The summed E-state index contributed by atoms with van der Waals surface area (Å²) in [5.41, 5.74) is 3.39. The van der Waals surface area contributed by atoms with Gasteiger partial charge in [0, 0.05) is 12.2 Å². The van der Waals surface area contributed by atoms with Crippen molar-refractivity contribution in [3.63, 3.8) is 0 Å². The van der Waals surface area contributed by atoms with E-state index in [1.165, 1.54) is 37.1 Å². The summed E-state index contributed by atoms with van der Waals surface area (Å²) in [7, 11) is 0. The number of aryl methyl sites for hydroxylation is 1. The van der Waals surface area contributed by atoms with Crippen molar-refractivity contribution >= 4 is 5.69 Å². The molecule has 0 amide bonds. The van der Waals surface area contributed by atoms with Crippen LogP contribution in [-0.2, 0) is 6.42 Å². The van der Waals surface area contributed by atoms with Crippen LogP contribution in [0.3, 0.4) is 0 Å². The number of hydrogen-bond donors (Lipinski definition) is 1. The van der Waals surface area contributed by atoms with E-state index in [4.69, 9.17) is 0 Å². The standard InChI is InChI=1S/C19H27N/c1-2-14-3-5-18(6-4-14)20-13-19-10-15-7-16(11-19)9-17(8-15)12-19/h3-6,15-17,20H,2,7-13H2,1H3. The zero-order valence-electron chi connectivity index (χ0n) is 12.7. The average molecular weight is 269 g/mol. The predicted molar refractivity (Wildman–Crippen MR) is 84.9 cm³/mol. The Morgan fingerprint density at radius 3 is 2.00 bits per heavy atom. The highest BCUT2D eigenvalue weighted by Gasteiger charge is 2.50. The lowest BCUT2D eigenvalue weighted by Gasteiger charge is -2.57. The van der Waals surface area contributed by atoms with E-state index < -0.39 is 0 Å². The van der Waals surface area contributed by atoms with Crippen molar-refractivity contribution in [2.45, 2.75) is 51.9 Å². The van der Waals surface area contributed by atoms with E-state index in [0.717, 1.165) is 24.2 Å². The highest BCUT2D eigenvalue weighted by atomic mass is 14.9. The molecule has 108 valence electrons. The monoisotopic (exact) mass is 269 g/mol. The highest BCUT2D eigenvalue weighted by Crippen LogP contribution is 2.59. The third kappa shape index (κ3) is 2.25. The molecule has 1 N–H and O–H groups in total. The van der Waals surface area contributed by atoms with Crippen LogP contribution in [-0.4, -0.2) is 6.54 Å². The Hall–Kier alpha value is -0.980. The molecule has 4 aliphatic rings. The summed E-state index contributed by atoms with van der Waals surface area (Å²) in [5.74, 6) is 3.18. The van der Waals surface area contributed by atoms with Gasteiger partial charge in [-0.25, -0.2) is 0 Å². The van der Waals surface area contributed by atoms with E-state index in [0.29, 0.717) is 5.41 Å². The first kappa shape index (κ1) is 12.7. The number of nitrogens with one attached hydrogen (secondary N) is 1. The molecule has 0 saturated heterocycles. The van der Waals surface area contributed by atoms with Crippen molar-refractivity contribution in [3.05, 3.63) is 29.8 Å². The van der Waals surface area contributed by atoms with E-state index in [2.05, 4.69) is 36.5 Å². The molecule has 5 rings (SSSR count). The predicted octanol–water partition coefficient (Wildman–Crippen LogP) is 4.88. The Bertz CT molecular complexity index is 438. The lowest BCUT2D eigenvalue weighted by molar-refractivity contribution is -0.0444. The molecule has 4 fully saturated rings. The highest BCUT2D eigenvalue weighted by molar-refractivity contribution is 5.45. The lowest BCUT2D eigenvalue weighted by Crippen LogP contribution is -2.49. The molecule has 0 spiro atoms. The second-order valence-corrected chi connectivity index (χ2v) is 7.82. The number of benzene rings is 1. The fraction of sp³-hybridized carbons (Fsp3) is 0.684. The van der Waals surface area contributed by atoms with Crippen molar-refractivity contribution in [3.8, 4) is 0 Å². The Labute approximate surface area is 123 Å². The minimum absolute atomic E-state index is 0.637. The largest absolute Gasteiger partial charge is 0.384 e. The van der Waals surface area contributed by atoms with Gasteiger partial charge in [-0.2, -0.15) is 0 Å². The summed E-state index contributed by atoms with van der Waals surface area (Å²) >= 11 is 0. The van der Waals surface area contributed by atoms with Crippen LogP contribution >= 0.6 is 0 Å². The molecule has 0 aromatic heterocycles. The smallest absolute Gasteiger partial charge is 0.0340 e. The second-order valence-electron chi connectivity index (χ2n) is 7.82. The van der Waals surface area contributed by atoms with E-state index >= 15 is 0 Å². The van der Waals surface area contributed by atoms with Gasteiger partial charge in [0.1, 0.15) is 0 Å². The summed E-state index contributed by atoms with van der Waals surface area (Å²) in [5, 5.41) is 3.75. The number of rotatable bonds is 4. The summed E-state index contributed by atoms with van der Waals surface area (Å²) in [6, 6.07) is 9.06. The van der Waals surface area contributed by atoms with Gasteiger partial charge in [-0.15, -0.1) is 0 Å². The molecular formula is C19H27N. The van der Waals surface area contributed by atoms with Gasteiger partial charge >= 0.3 is 0 Å². The van der Waals surface area contributed by atoms with E-state index in [1.807, 2.05) is 0 Å². The van der Waals surface area contributed by atoms with E-state index in [-0.39, 0.29) is 0 Å². The topological polar surface area (TPSA) is 12.0 Å². The molecule has 4 aliphatic carbocycles. The van der Waals surface area contributed by atoms with Gasteiger partial charge in [-0.05, 0) is 85.8 Å². The average Bonchev–Trinajstić information content (AvgIpc) is 2.44. The van der Waals surface area contributed by atoms with Crippen molar-refractivity contribution in [2.24, 2.45) is 23.2 Å². The third-order valence-corrected chi connectivity index (χ3v) is 6.19. The quantitative estimate of drug-likeness (QED) is 0.821. The molecule has 1 heteroatoms. The maximum Gasteiger partial charge on any atom is 0.0340 e. The van der Waals surface area contributed by atoms with Gasteiger partial charge in [0.25, 0.3) is 0 Å². The molecule has 4 saturated carbocycles. The van der Waals surface area contributed by atoms with Crippen LogP contribution in [0.5, 0.6) is 0 Å². The van der Waals surface area contributed by atoms with Crippen LogP contribution in [0.1, 0.15) is 51.0 Å². The summed E-state index contributed by atoms with van der Waals surface area (Å²) in [4.78, 5) is 0.